The van der Waals surface area contributed by atoms with Crippen molar-refractivity contribution in [1.82, 2.24) is 10.6 Å². The van der Waals surface area contributed by atoms with E-state index in [1.165, 1.54) is 5.57 Å². The maximum atomic E-state index is 12.0. The van der Waals surface area contributed by atoms with Gasteiger partial charge < -0.3 is 5.32 Å². The molecule has 0 radical (unpaired) electrons. The van der Waals surface area contributed by atoms with E-state index in [-0.39, 0.29) is 58.3 Å². The number of ketones is 3. The van der Waals surface area contributed by atoms with E-state index in [0.29, 0.717) is 31.3 Å². The summed E-state index contributed by atoms with van der Waals surface area (Å²) >= 11 is 0. The van der Waals surface area contributed by atoms with Gasteiger partial charge in [-0.25, -0.2) is 0 Å². The van der Waals surface area contributed by atoms with Gasteiger partial charge in [-0.2, -0.15) is 0 Å². The van der Waals surface area contributed by atoms with Crippen LogP contribution in [0.2, 0.25) is 0 Å². The maximum Gasteiger partial charge on any atom is 0.253 e. The standard InChI is InChI=1S/C14H18O2.C10H15N.C10H14O.C9H13NO2.CH4/c1-14(2,3)11-8-10-9(7-13(11)16)5-4-6-12(10)15;1-8-5-6-11-7-9(8)10(2,3)4;1-10(2,3)8-6-4-5-7-9(8)11;1-9(2,3)6-4-5-7(11)10-8(6)12;/h8H,4-7H2,1-3H3;5-7,11H,1H2,2-4H3;4-6H,7H2,1-3H3;4H,5H2,1-3H3,(H,10,11,12);1H4. The number of imide groups is 1. The van der Waals surface area contributed by atoms with Crippen molar-refractivity contribution in [1.29, 1.82) is 0 Å². The minimum absolute atomic E-state index is 0. The average Bonchev–Trinajstić information content (AvgIpc) is 2.96. The molecule has 0 saturated carbocycles. The van der Waals surface area contributed by atoms with Crippen LogP contribution in [0.15, 0.2) is 94.4 Å². The summed E-state index contributed by atoms with van der Waals surface area (Å²) in [6, 6.07) is 0. The molecule has 2 N–H and O–H groups in total. The highest BCUT2D eigenvalue weighted by atomic mass is 16.2. The van der Waals surface area contributed by atoms with Gasteiger partial charge in [0.2, 0.25) is 5.91 Å². The zero-order valence-corrected chi connectivity index (χ0v) is 32.6. The highest BCUT2D eigenvalue weighted by Crippen LogP contribution is 2.37. The van der Waals surface area contributed by atoms with Crippen molar-refractivity contribution >= 4 is 29.2 Å². The summed E-state index contributed by atoms with van der Waals surface area (Å²) in [4.78, 5) is 57.1. The molecule has 0 fully saturated rings. The van der Waals surface area contributed by atoms with Crippen LogP contribution < -0.4 is 10.6 Å². The fourth-order valence-electron chi connectivity index (χ4n) is 5.99. The zero-order valence-electron chi connectivity index (χ0n) is 32.6. The SMILES string of the molecule is C.C=C1C=CNC=C1C(C)(C)C.CC(C)(C)C1=CC2=C(CCCC2=O)CC1=O.CC(C)(C)C1=CC=CCC1=O.CC(C)(C)C1=CCC(=O)NC1=O. The van der Waals surface area contributed by atoms with E-state index in [0.717, 1.165) is 40.7 Å². The molecule has 3 aliphatic carbocycles. The molecule has 0 aromatic carbocycles. The largest absolute Gasteiger partial charge is 0.367 e. The van der Waals surface area contributed by atoms with Crippen LogP contribution in [0.4, 0.5) is 0 Å². The van der Waals surface area contributed by atoms with Gasteiger partial charge >= 0.3 is 0 Å². The van der Waals surface area contributed by atoms with Crippen LogP contribution >= 0.6 is 0 Å². The number of allylic oxidation sites excluding steroid dienone is 11. The summed E-state index contributed by atoms with van der Waals surface area (Å²) in [5.74, 6) is 0.211. The number of carbonyl (C=O) groups is 5. The molecular weight excluding hydrogens is 636 g/mol. The fraction of sp³-hybridized carbons (Fsp3) is 0.523. The summed E-state index contributed by atoms with van der Waals surface area (Å²) in [6.45, 7) is 28.6. The first-order valence-electron chi connectivity index (χ1n) is 17.6. The number of carbonyl (C=O) groups excluding carboxylic acids is 5. The van der Waals surface area contributed by atoms with Gasteiger partial charge in [-0.1, -0.05) is 127 Å². The first-order chi connectivity index (χ1) is 22.8. The van der Waals surface area contributed by atoms with Crippen LogP contribution in [0.25, 0.3) is 0 Å². The number of hydrogen-bond donors (Lipinski definition) is 2. The summed E-state index contributed by atoms with van der Waals surface area (Å²) in [7, 11) is 0. The molecule has 0 aromatic heterocycles. The number of dihydropyridines is 1. The zero-order chi connectivity index (χ0) is 38.2. The van der Waals surface area contributed by atoms with E-state index in [4.69, 9.17) is 0 Å². The Labute approximate surface area is 308 Å². The second-order valence-electron chi connectivity index (χ2n) is 17.4. The lowest BCUT2D eigenvalue weighted by Gasteiger charge is -2.28. The van der Waals surface area contributed by atoms with Crippen molar-refractivity contribution in [2.24, 2.45) is 21.7 Å². The minimum atomic E-state index is -0.251. The number of hydrogen-bond acceptors (Lipinski definition) is 6. The molecule has 51 heavy (non-hydrogen) atoms. The molecule has 0 unspecified atom stereocenters. The van der Waals surface area contributed by atoms with Crippen LogP contribution in [-0.2, 0) is 24.0 Å². The smallest absolute Gasteiger partial charge is 0.253 e. The van der Waals surface area contributed by atoms with E-state index in [9.17, 15) is 24.0 Å². The maximum absolute atomic E-state index is 12.0. The Bertz CT molecular complexity index is 1610. The lowest BCUT2D eigenvalue weighted by molar-refractivity contribution is -0.129. The Morgan fingerprint density at radius 1 is 0.667 bits per heavy atom. The molecule has 0 saturated heterocycles. The molecule has 2 heterocycles. The Kier molecular flexibility index (Phi) is 15.7. The average molecular weight is 701 g/mol. The second kappa shape index (κ2) is 17.9. The monoisotopic (exact) mass is 700 g/mol. The highest BCUT2D eigenvalue weighted by molar-refractivity contribution is 6.09. The van der Waals surface area contributed by atoms with Gasteiger partial charge in [-0.3, -0.25) is 29.3 Å². The molecule has 0 bridgehead atoms. The molecule has 2 amide bonds. The molecular formula is C44H64N2O5. The van der Waals surface area contributed by atoms with E-state index >= 15 is 0 Å². The summed E-state index contributed by atoms with van der Waals surface area (Å²) < 4.78 is 0. The van der Waals surface area contributed by atoms with Gasteiger partial charge in [0.1, 0.15) is 0 Å². The normalized spacial score (nSPS) is 19.1. The summed E-state index contributed by atoms with van der Waals surface area (Å²) in [6.07, 6.45) is 19.1. The predicted octanol–water partition coefficient (Wildman–Crippen LogP) is 9.70. The van der Waals surface area contributed by atoms with Gasteiger partial charge in [0.05, 0.1) is 0 Å². The first kappa shape index (κ1) is 44.9. The first-order valence-corrected chi connectivity index (χ1v) is 17.6. The quantitative estimate of drug-likeness (QED) is 0.244. The number of amides is 2. The van der Waals surface area contributed by atoms with Gasteiger partial charge in [0.15, 0.2) is 17.3 Å². The Hall–Kier alpha value is -4.13. The van der Waals surface area contributed by atoms with Crippen LogP contribution in [0.1, 0.15) is 129 Å². The summed E-state index contributed by atoms with van der Waals surface area (Å²) in [5.41, 5.74) is 6.58. The topological polar surface area (TPSA) is 109 Å². The van der Waals surface area contributed by atoms with Crippen LogP contribution in [0.5, 0.6) is 0 Å². The van der Waals surface area contributed by atoms with E-state index in [1.54, 1.807) is 6.08 Å². The second-order valence-corrected chi connectivity index (χ2v) is 17.4. The Balaban J connectivity index is 0.000000343. The predicted molar refractivity (Wildman–Crippen MR) is 210 cm³/mol. The van der Waals surface area contributed by atoms with E-state index in [1.807, 2.05) is 84.3 Å². The minimum Gasteiger partial charge on any atom is -0.367 e. The molecule has 7 nitrogen and oxygen atoms in total. The van der Waals surface area contributed by atoms with Crippen molar-refractivity contribution in [2.75, 3.05) is 0 Å². The van der Waals surface area contributed by atoms with Crippen molar-refractivity contribution in [3.63, 3.8) is 0 Å². The third-order valence-corrected chi connectivity index (χ3v) is 8.70. The van der Waals surface area contributed by atoms with Crippen LogP contribution in [0.3, 0.4) is 0 Å². The van der Waals surface area contributed by atoms with E-state index in [2.05, 4.69) is 58.8 Å². The van der Waals surface area contributed by atoms with Crippen molar-refractivity contribution in [3.8, 4) is 0 Å². The van der Waals surface area contributed by atoms with Gasteiger partial charge in [-0.05, 0) is 57.8 Å². The molecule has 5 rings (SSSR count). The third-order valence-electron chi connectivity index (χ3n) is 8.70. The number of nitrogens with one attached hydrogen (secondary N) is 2. The van der Waals surface area contributed by atoms with E-state index < -0.39 is 0 Å². The van der Waals surface area contributed by atoms with Gasteiger partial charge in [0, 0.05) is 60.4 Å². The molecule has 2 aliphatic heterocycles. The van der Waals surface area contributed by atoms with Crippen molar-refractivity contribution in [2.45, 2.75) is 129 Å². The molecule has 7 heteroatoms. The van der Waals surface area contributed by atoms with Crippen LogP contribution in [0, 0.1) is 21.7 Å². The molecule has 280 valence electrons. The molecule has 0 atom stereocenters. The molecule has 5 aliphatic rings. The number of rotatable bonds is 0. The van der Waals surface area contributed by atoms with Gasteiger partial charge in [-0.15, -0.1) is 0 Å². The van der Waals surface area contributed by atoms with Crippen LogP contribution in [-0.4, -0.2) is 29.2 Å². The van der Waals surface area contributed by atoms with Gasteiger partial charge in [0.25, 0.3) is 5.91 Å². The Morgan fingerprint density at radius 2 is 1.24 bits per heavy atom. The summed E-state index contributed by atoms with van der Waals surface area (Å²) in [5, 5.41) is 5.36. The molecule has 0 aromatic rings. The molecule has 0 spiro atoms. The van der Waals surface area contributed by atoms with Crippen molar-refractivity contribution < 1.29 is 24.0 Å². The highest BCUT2D eigenvalue weighted by Gasteiger charge is 2.32. The van der Waals surface area contributed by atoms with Crippen molar-refractivity contribution in [3.05, 3.63) is 94.4 Å². The third kappa shape index (κ3) is 13.5. The Morgan fingerprint density at radius 3 is 1.69 bits per heavy atom. The fourth-order valence-corrected chi connectivity index (χ4v) is 5.99. The lowest BCUT2D eigenvalue weighted by Crippen LogP contribution is -2.38. The number of Topliss-reactive ketones (excluding diaryl/α,β-unsaturated/α-hetero) is 3. The lowest BCUT2D eigenvalue weighted by atomic mass is 9.74.